The Kier molecular flexibility index (Phi) is 7.50. The van der Waals surface area contributed by atoms with Crippen LogP contribution in [0, 0.1) is 12.8 Å². The van der Waals surface area contributed by atoms with Gasteiger partial charge in [-0.3, -0.25) is 19.5 Å². The number of carbonyl (C=O) groups is 2. The summed E-state index contributed by atoms with van der Waals surface area (Å²) in [5.41, 5.74) is 2.09. The first-order valence-electron chi connectivity index (χ1n) is 10.2. The zero-order valence-corrected chi connectivity index (χ0v) is 17.2. The highest BCUT2D eigenvalue weighted by molar-refractivity contribution is 5.78. The number of piperidine rings is 1. The number of alkyl halides is 3. The number of carboxylic acid groups (broad SMARTS) is 1. The summed E-state index contributed by atoms with van der Waals surface area (Å²) in [5, 5.41) is 8.68. The molecule has 0 aliphatic carbocycles. The van der Waals surface area contributed by atoms with Crippen LogP contribution < -0.4 is 0 Å². The van der Waals surface area contributed by atoms with Gasteiger partial charge in [-0.15, -0.1) is 0 Å². The number of aryl methyl sites for hydroxylation is 1. The normalized spacial score (nSPS) is 26.2. The molecule has 172 valence electrons. The molecule has 11 heteroatoms. The third kappa shape index (κ3) is 6.14. The summed E-state index contributed by atoms with van der Waals surface area (Å²) >= 11 is 0. The molecule has 8 nitrogen and oxygen atoms in total. The second kappa shape index (κ2) is 9.92. The molecule has 4 heterocycles. The largest absolute Gasteiger partial charge is 0.490 e. The van der Waals surface area contributed by atoms with Gasteiger partial charge in [0.2, 0.25) is 0 Å². The Morgan fingerprint density at radius 3 is 2.65 bits per heavy atom. The van der Waals surface area contributed by atoms with E-state index in [-0.39, 0.29) is 17.9 Å². The molecular weight excluding hydrogens is 419 g/mol. The molecule has 3 atom stereocenters. The van der Waals surface area contributed by atoms with E-state index in [4.69, 9.17) is 19.5 Å². The number of pyridine rings is 1. The molecule has 3 aliphatic heterocycles. The number of amides is 1. The van der Waals surface area contributed by atoms with Gasteiger partial charge in [-0.1, -0.05) is 6.07 Å². The second-order valence-corrected chi connectivity index (χ2v) is 7.83. The average molecular weight is 445 g/mol. The number of hydrogen-bond donors (Lipinski definition) is 1. The SMILES string of the molecule is Cc1cccc(CN2C[C@@H](C(=O)N3CCCO3)C[C@H]3OCC[C@H]32)n1.O=C(O)C(F)(F)F. The minimum Gasteiger partial charge on any atom is -0.475 e. The van der Waals surface area contributed by atoms with Gasteiger partial charge in [-0.05, 0) is 38.3 Å². The molecule has 0 saturated carbocycles. The number of carbonyl (C=O) groups excluding carboxylic acids is 1. The van der Waals surface area contributed by atoms with Crippen molar-refractivity contribution >= 4 is 11.9 Å². The van der Waals surface area contributed by atoms with Crippen LogP contribution in [0.1, 0.15) is 30.7 Å². The number of ether oxygens (including phenoxy) is 1. The van der Waals surface area contributed by atoms with E-state index < -0.39 is 12.1 Å². The number of aliphatic carboxylic acids is 1. The van der Waals surface area contributed by atoms with Crippen molar-refractivity contribution in [2.45, 2.75) is 51.1 Å². The van der Waals surface area contributed by atoms with Gasteiger partial charge >= 0.3 is 12.1 Å². The van der Waals surface area contributed by atoms with Gasteiger partial charge in [-0.2, -0.15) is 13.2 Å². The van der Waals surface area contributed by atoms with Gasteiger partial charge in [0, 0.05) is 31.4 Å². The van der Waals surface area contributed by atoms with Crippen LogP contribution in [0.2, 0.25) is 0 Å². The van der Waals surface area contributed by atoms with Gasteiger partial charge < -0.3 is 9.84 Å². The third-order valence-electron chi connectivity index (χ3n) is 5.52. The minimum atomic E-state index is -5.08. The number of likely N-dealkylation sites (tertiary alicyclic amines) is 1. The quantitative estimate of drug-likeness (QED) is 0.762. The molecule has 0 unspecified atom stereocenters. The van der Waals surface area contributed by atoms with Crippen LogP contribution in [0.5, 0.6) is 0 Å². The molecule has 3 saturated heterocycles. The maximum absolute atomic E-state index is 12.7. The van der Waals surface area contributed by atoms with Crippen molar-refractivity contribution in [1.82, 2.24) is 14.9 Å². The van der Waals surface area contributed by atoms with E-state index in [1.54, 1.807) is 5.06 Å². The van der Waals surface area contributed by atoms with Crippen molar-refractivity contribution in [1.29, 1.82) is 0 Å². The summed E-state index contributed by atoms with van der Waals surface area (Å²) in [6.45, 7) is 5.70. The Hall–Kier alpha value is -2.24. The second-order valence-electron chi connectivity index (χ2n) is 7.83. The fourth-order valence-electron chi connectivity index (χ4n) is 4.13. The summed E-state index contributed by atoms with van der Waals surface area (Å²) in [7, 11) is 0. The number of rotatable bonds is 3. The molecule has 1 aromatic rings. The fourth-order valence-corrected chi connectivity index (χ4v) is 4.13. The number of halogens is 3. The van der Waals surface area contributed by atoms with E-state index in [1.807, 2.05) is 19.1 Å². The standard InChI is InChI=1S/C18H25N3O3.C2HF3O2/c1-13-4-2-5-15(19-13)12-20-11-14(10-17-16(20)6-9-23-17)18(22)21-7-3-8-24-21;3-2(4,5)1(6)7/h2,4-5,14,16-17H,3,6-12H2,1H3;(H,6,7)/t14-,16+,17+;/m0./s1. The Morgan fingerprint density at radius 1 is 1.29 bits per heavy atom. The summed E-state index contributed by atoms with van der Waals surface area (Å²) in [4.78, 5) is 34.1. The molecule has 3 aliphatic rings. The van der Waals surface area contributed by atoms with Crippen LogP contribution in [0.15, 0.2) is 18.2 Å². The Balaban J connectivity index is 0.000000339. The van der Waals surface area contributed by atoms with Crippen LogP contribution in [0.3, 0.4) is 0 Å². The Bertz CT molecular complexity index is 786. The Labute approximate surface area is 177 Å². The van der Waals surface area contributed by atoms with Gasteiger partial charge in [0.15, 0.2) is 0 Å². The first-order valence-corrected chi connectivity index (χ1v) is 10.2. The minimum absolute atomic E-state index is 0.0488. The van der Waals surface area contributed by atoms with Crippen LogP contribution in [-0.2, 0) is 25.7 Å². The number of hydroxylamine groups is 2. The maximum atomic E-state index is 12.7. The molecule has 4 rings (SSSR count). The number of hydrogen-bond acceptors (Lipinski definition) is 6. The van der Waals surface area contributed by atoms with E-state index in [2.05, 4.69) is 16.0 Å². The van der Waals surface area contributed by atoms with Crippen molar-refractivity contribution in [3.63, 3.8) is 0 Å². The summed E-state index contributed by atoms with van der Waals surface area (Å²) in [5.74, 6) is -2.69. The lowest BCUT2D eigenvalue weighted by atomic mass is 9.89. The third-order valence-corrected chi connectivity index (χ3v) is 5.52. The summed E-state index contributed by atoms with van der Waals surface area (Å²) in [6.07, 6.45) is -2.16. The predicted octanol–water partition coefficient (Wildman–Crippen LogP) is 2.17. The van der Waals surface area contributed by atoms with Crippen LogP contribution in [0.4, 0.5) is 13.2 Å². The molecule has 1 N–H and O–H groups in total. The highest BCUT2D eigenvalue weighted by Crippen LogP contribution is 2.33. The monoisotopic (exact) mass is 445 g/mol. The molecule has 1 amide bonds. The molecule has 0 radical (unpaired) electrons. The van der Waals surface area contributed by atoms with Crippen LogP contribution in [0.25, 0.3) is 0 Å². The van der Waals surface area contributed by atoms with Crippen molar-refractivity contribution in [3.8, 4) is 0 Å². The van der Waals surface area contributed by atoms with Crippen LogP contribution in [-0.4, -0.2) is 76.6 Å². The fraction of sp³-hybridized carbons (Fsp3) is 0.650. The van der Waals surface area contributed by atoms with Gasteiger partial charge in [0.05, 0.1) is 30.9 Å². The zero-order valence-electron chi connectivity index (χ0n) is 17.2. The first-order chi connectivity index (χ1) is 14.6. The summed E-state index contributed by atoms with van der Waals surface area (Å²) in [6, 6.07) is 6.52. The first kappa shape index (κ1) is 23.4. The number of carboxylic acids is 1. The van der Waals surface area contributed by atoms with Crippen molar-refractivity contribution in [2.24, 2.45) is 5.92 Å². The topological polar surface area (TPSA) is 92.2 Å². The van der Waals surface area contributed by atoms with E-state index in [0.717, 1.165) is 50.3 Å². The van der Waals surface area contributed by atoms with Crippen molar-refractivity contribution in [2.75, 3.05) is 26.3 Å². The average Bonchev–Trinajstić information content (AvgIpc) is 3.39. The zero-order chi connectivity index (χ0) is 22.6. The van der Waals surface area contributed by atoms with Gasteiger partial charge in [-0.25, -0.2) is 9.86 Å². The number of fused-ring (bicyclic) bond motifs is 1. The lowest BCUT2D eigenvalue weighted by molar-refractivity contribution is -0.192. The van der Waals surface area contributed by atoms with E-state index in [9.17, 15) is 18.0 Å². The van der Waals surface area contributed by atoms with E-state index >= 15 is 0 Å². The van der Waals surface area contributed by atoms with E-state index in [1.165, 1.54) is 0 Å². The van der Waals surface area contributed by atoms with Gasteiger partial charge in [0.25, 0.3) is 5.91 Å². The molecule has 0 aromatic carbocycles. The maximum Gasteiger partial charge on any atom is 0.490 e. The summed E-state index contributed by atoms with van der Waals surface area (Å²) < 4.78 is 37.7. The Morgan fingerprint density at radius 2 is 2.03 bits per heavy atom. The highest BCUT2D eigenvalue weighted by Gasteiger charge is 2.43. The molecule has 31 heavy (non-hydrogen) atoms. The highest BCUT2D eigenvalue weighted by atomic mass is 19.4. The predicted molar refractivity (Wildman–Crippen MR) is 102 cm³/mol. The molecule has 3 fully saturated rings. The molecular formula is C20H26F3N3O5. The molecule has 0 spiro atoms. The van der Waals surface area contributed by atoms with E-state index in [0.29, 0.717) is 19.2 Å². The number of nitrogens with zero attached hydrogens (tertiary/aromatic N) is 3. The lowest BCUT2D eigenvalue weighted by Crippen LogP contribution is -2.52. The molecule has 1 aromatic heterocycles. The van der Waals surface area contributed by atoms with Gasteiger partial charge in [0.1, 0.15) is 0 Å². The van der Waals surface area contributed by atoms with Crippen LogP contribution >= 0.6 is 0 Å². The number of aromatic nitrogens is 1. The van der Waals surface area contributed by atoms with Crippen molar-refractivity contribution < 1.29 is 37.4 Å². The molecule has 0 bridgehead atoms. The smallest absolute Gasteiger partial charge is 0.475 e. The van der Waals surface area contributed by atoms with Crippen molar-refractivity contribution in [3.05, 3.63) is 29.6 Å². The lowest BCUT2D eigenvalue weighted by Gasteiger charge is -2.40.